The van der Waals surface area contributed by atoms with Crippen LogP contribution in [0.2, 0.25) is 0 Å². The van der Waals surface area contributed by atoms with Crippen LogP contribution in [-0.2, 0) is 7.05 Å². The Hall–Kier alpha value is -2.88. The highest BCUT2D eigenvalue weighted by Crippen LogP contribution is 2.21. The topological polar surface area (TPSA) is 84.0 Å². The molecule has 2 aromatic heterocycles. The average molecular weight is 325 g/mol. The van der Waals surface area contributed by atoms with Crippen molar-refractivity contribution in [2.75, 3.05) is 24.6 Å². The number of piperidine rings is 1. The van der Waals surface area contributed by atoms with Crippen molar-refractivity contribution in [1.29, 1.82) is 5.26 Å². The monoisotopic (exact) mass is 325 g/mol. The fourth-order valence-electron chi connectivity index (χ4n) is 2.80. The predicted octanol–water partition coefficient (Wildman–Crippen LogP) is 1.34. The summed E-state index contributed by atoms with van der Waals surface area (Å²) in [5, 5.41) is 8.91. The van der Waals surface area contributed by atoms with E-state index in [0.29, 0.717) is 29.8 Å². The zero-order valence-corrected chi connectivity index (χ0v) is 13.6. The van der Waals surface area contributed by atoms with Crippen molar-refractivity contribution < 1.29 is 4.74 Å². The number of rotatable bonds is 4. The molecule has 24 heavy (non-hydrogen) atoms. The number of aromatic nitrogens is 3. The first-order chi connectivity index (χ1) is 11.7. The third-order valence-corrected chi connectivity index (χ3v) is 4.14. The normalized spacial score (nSPS) is 17.3. The second kappa shape index (κ2) is 7.13. The zero-order chi connectivity index (χ0) is 16.9. The molecule has 3 heterocycles. The van der Waals surface area contributed by atoms with Crippen LogP contribution in [0.15, 0.2) is 35.5 Å². The van der Waals surface area contributed by atoms with E-state index in [1.165, 1.54) is 4.57 Å². The van der Waals surface area contributed by atoms with Crippen LogP contribution >= 0.6 is 0 Å². The van der Waals surface area contributed by atoms with Crippen LogP contribution in [0.5, 0.6) is 5.88 Å². The molecule has 0 aromatic carbocycles. The van der Waals surface area contributed by atoms with Crippen molar-refractivity contribution in [3.63, 3.8) is 0 Å². The van der Waals surface area contributed by atoms with Crippen molar-refractivity contribution in [2.24, 2.45) is 13.0 Å². The van der Waals surface area contributed by atoms with Gasteiger partial charge in [-0.2, -0.15) is 5.26 Å². The summed E-state index contributed by atoms with van der Waals surface area (Å²) < 4.78 is 7.20. The van der Waals surface area contributed by atoms with E-state index in [-0.39, 0.29) is 5.56 Å². The maximum atomic E-state index is 11.8. The van der Waals surface area contributed by atoms with Gasteiger partial charge in [0.2, 0.25) is 5.88 Å². The minimum atomic E-state index is -0.0594. The van der Waals surface area contributed by atoms with E-state index in [2.05, 4.69) is 20.9 Å². The Bertz CT molecular complexity index is 811. The highest BCUT2D eigenvalue weighted by atomic mass is 16.5. The number of ether oxygens (including phenoxy) is 1. The van der Waals surface area contributed by atoms with Gasteiger partial charge in [0.15, 0.2) is 0 Å². The average Bonchev–Trinajstić information content (AvgIpc) is 2.63. The van der Waals surface area contributed by atoms with Crippen LogP contribution in [0.4, 0.5) is 5.82 Å². The molecule has 1 unspecified atom stereocenters. The maximum absolute atomic E-state index is 11.8. The number of aryl methyl sites for hydroxylation is 1. The van der Waals surface area contributed by atoms with Crippen molar-refractivity contribution in [2.45, 2.75) is 12.8 Å². The van der Waals surface area contributed by atoms with Gasteiger partial charge in [-0.15, -0.1) is 0 Å². The summed E-state index contributed by atoms with van der Waals surface area (Å²) in [5.41, 5.74) is 0.477. The van der Waals surface area contributed by atoms with Crippen LogP contribution in [0.1, 0.15) is 18.4 Å². The number of nitrogens with zero attached hydrogens (tertiary/aromatic N) is 5. The molecule has 0 amide bonds. The van der Waals surface area contributed by atoms with Gasteiger partial charge in [0.25, 0.3) is 5.56 Å². The van der Waals surface area contributed by atoms with Crippen LogP contribution in [0, 0.1) is 17.2 Å². The Morgan fingerprint density at radius 3 is 3.08 bits per heavy atom. The third-order valence-electron chi connectivity index (χ3n) is 4.14. The zero-order valence-electron chi connectivity index (χ0n) is 13.6. The maximum Gasteiger partial charge on any atom is 0.255 e. The standard InChI is InChI=1S/C17H19N5O2/c1-21-12-20-15(8-17(21)23)22-6-2-3-14(10-22)11-24-16-7-13(9-18)4-5-19-16/h4-5,7-8,12,14H,2-3,6,10-11H2,1H3. The Balaban J connectivity index is 1.62. The van der Waals surface area contributed by atoms with E-state index in [1.54, 1.807) is 37.8 Å². The fraction of sp³-hybridized carbons (Fsp3) is 0.412. The first-order valence-corrected chi connectivity index (χ1v) is 7.92. The Kier molecular flexibility index (Phi) is 4.75. The summed E-state index contributed by atoms with van der Waals surface area (Å²) in [4.78, 5) is 22.4. The lowest BCUT2D eigenvalue weighted by Crippen LogP contribution is -2.39. The molecule has 7 nitrogen and oxygen atoms in total. The molecule has 7 heteroatoms. The van der Waals surface area contributed by atoms with Crippen molar-refractivity contribution in [3.8, 4) is 11.9 Å². The summed E-state index contributed by atoms with van der Waals surface area (Å²) >= 11 is 0. The number of anilines is 1. The highest BCUT2D eigenvalue weighted by Gasteiger charge is 2.22. The Labute approximate surface area is 140 Å². The van der Waals surface area contributed by atoms with E-state index in [9.17, 15) is 4.79 Å². The van der Waals surface area contributed by atoms with Gasteiger partial charge in [0.05, 0.1) is 24.6 Å². The van der Waals surface area contributed by atoms with Crippen molar-refractivity contribution >= 4 is 5.82 Å². The molecule has 1 aliphatic heterocycles. The molecule has 1 aliphatic rings. The minimum absolute atomic E-state index is 0.0594. The summed E-state index contributed by atoms with van der Waals surface area (Å²) in [7, 11) is 1.69. The molecule has 0 saturated carbocycles. The lowest BCUT2D eigenvalue weighted by molar-refractivity contribution is 0.221. The van der Waals surface area contributed by atoms with Gasteiger partial charge >= 0.3 is 0 Å². The third kappa shape index (κ3) is 3.71. The second-order valence-corrected chi connectivity index (χ2v) is 5.96. The van der Waals surface area contributed by atoms with Gasteiger partial charge < -0.3 is 14.2 Å². The van der Waals surface area contributed by atoms with E-state index < -0.39 is 0 Å². The molecule has 0 bridgehead atoms. The fourth-order valence-corrected chi connectivity index (χ4v) is 2.80. The summed E-state index contributed by atoms with van der Waals surface area (Å²) in [5.74, 6) is 1.52. The minimum Gasteiger partial charge on any atom is -0.477 e. The highest BCUT2D eigenvalue weighted by molar-refractivity contribution is 5.37. The molecule has 0 N–H and O–H groups in total. The van der Waals surface area contributed by atoms with Gasteiger partial charge in [-0.3, -0.25) is 4.79 Å². The molecule has 3 rings (SSSR count). The second-order valence-electron chi connectivity index (χ2n) is 5.96. The predicted molar refractivity (Wildman–Crippen MR) is 88.9 cm³/mol. The van der Waals surface area contributed by atoms with Gasteiger partial charge in [-0.1, -0.05) is 0 Å². The lowest BCUT2D eigenvalue weighted by atomic mass is 9.99. The molecule has 0 radical (unpaired) electrons. The number of hydrogen-bond acceptors (Lipinski definition) is 6. The first-order valence-electron chi connectivity index (χ1n) is 7.92. The quantitative estimate of drug-likeness (QED) is 0.843. The van der Waals surface area contributed by atoms with Crippen molar-refractivity contribution in [1.82, 2.24) is 14.5 Å². The first kappa shape index (κ1) is 16.0. The molecule has 1 fully saturated rings. The van der Waals surface area contributed by atoms with Crippen LogP contribution in [0.3, 0.4) is 0 Å². The SMILES string of the molecule is Cn1cnc(N2CCCC(COc3cc(C#N)ccn3)C2)cc1=O. The molecule has 2 aromatic rings. The number of nitriles is 1. The van der Waals surface area contributed by atoms with E-state index in [1.807, 2.05) is 0 Å². The van der Waals surface area contributed by atoms with E-state index in [0.717, 1.165) is 25.9 Å². The van der Waals surface area contributed by atoms with Crippen LogP contribution < -0.4 is 15.2 Å². The molecular weight excluding hydrogens is 306 g/mol. The van der Waals surface area contributed by atoms with Crippen molar-refractivity contribution in [3.05, 3.63) is 46.6 Å². The van der Waals surface area contributed by atoms with Gasteiger partial charge in [-0.25, -0.2) is 9.97 Å². The molecular formula is C17H19N5O2. The molecule has 124 valence electrons. The Morgan fingerprint density at radius 1 is 1.42 bits per heavy atom. The lowest BCUT2D eigenvalue weighted by Gasteiger charge is -2.33. The van der Waals surface area contributed by atoms with E-state index in [4.69, 9.17) is 10.00 Å². The van der Waals surface area contributed by atoms with Crippen LogP contribution in [0.25, 0.3) is 0 Å². The van der Waals surface area contributed by atoms with Crippen LogP contribution in [-0.4, -0.2) is 34.2 Å². The van der Waals surface area contributed by atoms with Gasteiger partial charge in [-0.05, 0) is 18.9 Å². The van der Waals surface area contributed by atoms with Gasteiger partial charge in [0.1, 0.15) is 5.82 Å². The summed E-state index contributed by atoms with van der Waals surface area (Å²) in [6.45, 7) is 2.21. The number of pyridine rings is 1. The molecule has 0 aliphatic carbocycles. The molecule has 0 spiro atoms. The number of hydrogen-bond donors (Lipinski definition) is 0. The van der Waals surface area contributed by atoms with E-state index >= 15 is 0 Å². The smallest absolute Gasteiger partial charge is 0.255 e. The largest absolute Gasteiger partial charge is 0.477 e. The molecule has 1 atom stereocenters. The van der Waals surface area contributed by atoms with Gasteiger partial charge in [0, 0.05) is 44.4 Å². The molecule has 1 saturated heterocycles. The Morgan fingerprint density at radius 2 is 2.29 bits per heavy atom. The summed E-state index contributed by atoms with van der Waals surface area (Å²) in [6.07, 6.45) is 5.20. The summed E-state index contributed by atoms with van der Waals surface area (Å²) in [6, 6.07) is 6.94.